The van der Waals surface area contributed by atoms with E-state index >= 15 is 0 Å². The zero-order valence-corrected chi connectivity index (χ0v) is 9.72. The molecule has 0 aromatic carbocycles. The molecule has 0 aliphatic carbocycles. The van der Waals surface area contributed by atoms with Crippen molar-refractivity contribution in [3.8, 4) is 0 Å². The maximum atomic E-state index is 11.3. The third kappa shape index (κ3) is 3.96. The largest absolute Gasteiger partial charge is 0.505 e. The normalized spacial score (nSPS) is 20.1. The third-order valence-electron chi connectivity index (χ3n) is 2.19. The molecular weight excluding hydrogens is 266 g/mol. The molecule has 10 heteroatoms. The number of carbonyl (C=O) groups excluding carboxylic acids is 1. The third-order valence-corrected chi connectivity index (χ3v) is 2.19. The van der Waals surface area contributed by atoms with Gasteiger partial charge in [-0.05, 0) is 0 Å². The standard InChI is InChI=1S/C9H13NO9/c11-4-5(12)7-6(13)8(9(14)19-7)17-2-1-3-18-10(15)16/h5,7,11-13H,1-4H2. The fraction of sp³-hybridized carbons (Fsp3) is 0.667. The first-order chi connectivity index (χ1) is 8.97. The van der Waals surface area contributed by atoms with Gasteiger partial charge in [0.2, 0.25) is 5.76 Å². The van der Waals surface area contributed by atoms with E-state index in [1.807, 2.05) is 0 Å². The van der Waals surface area contributed by atoms with E-state index in [0.29, 0.717) is 0 Å². The van der Waals surface area contributed by atoms with Gasteiger partial charge in [0.15, 0.2) is 11.9 Å². The Morgan fingerprint density at radius 1 is 1.47 bits per heavy atom. The predicted octanol–water partition coefficient (Wildman–Crippen LogP) is -1.35. The molecule has 0 fully saturated rings. The molecule has 19 heavy (non-hydrogen) atoms. The van der Waals surface area contributed by atoms with Gasteiger partial charge in [-0.1, -0.05) is 0 Å². The van der Waals surface area contributed by atoms with Gasteiger partial charge in [0.1, 0.15) is 6.10 Å². The van der Waals surface area contributed by atoms with Crippen LogP contribution in [0.1, 0.15) is 6.42 Å². The van der Waals surface area contributed by atoms with Gasteiger partial charge in [-0.3, -0.25) is 0 Å². The fourth-order valence-electron chi connectivity index (χ4n) is 1.32. The highest BCUT2D eigenvalue weighted by molar-refractivity contribution is 5.89. The number of ether oxygens (including phenoxy) is 2. The second-order valence-corrected chi connectivity index (χ2v) is 3.55. The fourth-order valence-corrected chi connectivity index (χ4v) is 1.32. The van der Waals surface area contributed by atoms with Gasteiger partial charge in [0, 0.05) is 6.42 Å². The highest BCUT2D eigenvalue weighted by Gasteiger charge is 2.40. The van der Waals surface area contributed by atoms with Gasteiger partial charge >= 0.3 is 5.97 Å². The molecule has 1 aliphatic heterocycles. The first-order valence-corrected chi connectivity index (χ1v) is 5.30. The van der Waals surface area contributed by atoms with E-state index in [1.54, 1.807) is 0 Å². The zero-order chi connectivity index (χ0) is 14.4. The van der Waals surface area contributed by atoms with E-state index < -0.39 is 41.4 Å². The molecule has 1 aliphatic rings. The quantitative estimate of drug-likeness (QED) is 0.212. The van der Waals surface area contributed by atoms with E-state index in [0.717, 1.165) is 0 Å². The van der Waals surface area contributed by atoms with E-state index in [2.05, 4.69) is 9.57 Å². The summed E-state index contributed by atoms with van der Waals surface area (Å²) in [5, 5.41) is 36.4. The average molecular weight is 279 g/mol. The Morgan fingerprint density at radius 3 is 2.74 bits per heavy atom. The minimum absolute atomic E-state index is 0.109. The van der Waals surface area contributed by atoms with Crippen LogP contribution in [0.15, 0.2) is 11.5 Å². The molecule has 0 spiro atoms. The number of cyclic esters (lactones) is 1. The van der Waals surface area contributed by atoms with E-state index in [4.69, 9.17) is 9.84 Å². The zero-order valence-electron chi connectivity index (χ0n) is 9.72. The molecule has 0 bridgehead atoms. The minimum Gasteiger partial charge on any atom is -0.505 e. The molecule has 108 valence electrons. The van der Waals surface area contributed by atoms with Crippen LogP contribution in [0.5, 0.6) is 0 Å². The molecular formula is C9H13NO9. The van der Waals surface area contributed by atoms with Crippen LogP contribution in [0.25, 0.3) is 0 Å². The number of hydrogen-bond acceptors (Lipinski definition) is 9. The van der Waals surface area contributed by atoms with Gasteiger partial charge in [-0.25, -0.2) is 4.79 Å². The number of aliphatic hydroxyl groups is 3. The maximum absolute atomic E-state index is 11.3. The Morgan fingerprint density at radius 2 is 2.16 bits per heavy atom. The Bertz CT molecular complexity index is 380. The molecule has 0 aromatic heterocycles. The highest BCUT2D eigenvalue weighted by Crippen LogP contribution is 2.24. The van der Waals surface area contributed by atoms with Crippen molar-refractivity contribution < 1.29 is 39.5 Å². The lowest BCUT2D eigenvalue weighted by Gasteiger charge is -2.13. The first kappa shape index (κ1) is 15.0. The number of nitrogens with zero attached hydrogens (tertiary/aromatic N) is 1. The second kappa shape index (κ2) is 6.75. The van der Waals surface area contributed by atoms with Crippen molar-refractivity contribution in [2.24, 2.45) is 0 Å². The Hall–Kier alpha value is -2.07. The van der Waals surface area contributed by atoms with Gasteiger partial charge in [-0.2, -0.15) is 0 Å². The predicted molar refractivity (Wildman–Crippen MR) is 56.1 cm³/mol. The molecule has 3 N–H and O–H groups in total. The van der Waals surface area contributed by atoms with E-state index in [1.165, 1.54) is 0 Å². The molecule has 0 amide bonds. The summed E-state index contributed by atoms with van der Waals surface area (Å²) < 4.78 is 9.49. The number of hydrogen-bond donors (Lipinski definition) is 3. The van der Waals surface area contributed by atoms with Crippen molar-refractivity contribution in [1.82, 2.24) is 0 Å². The molecule has 2 unspecified atom stereocenters. The van der Waals surface area contributed by atoms with Gasteiger partial charge in [0.05, 0.1) is 19.8 Å². The first-order valence-electron chi connectivity index (χ1n) is 5.30. The summed E-state index contributed by atoms with van der Waals surface area (Å²) in [6, 6.07) is 0. The minimum atomic E-state index is -1.46. The second-order valence-electron chi connectivity index (χ2n) is 3.55. The molecule has 10 nitrogen and oxygen atoms in total. The molecule has 1 heterocycles. The Kier molecular flexibility index (Phi) is 5.33. The van der Waals surface area contributed by atoms with Crippen LogP contribution in [-0.4, -0.2) is 58.4 Å². The highest BCUT2D eigenvalue weighted by atomic mass is 16.9. The van der Waals surface area contributed by atoms with Gasteiger partial charge in [-0.15, -0.1) is 10.1 Å². The van der Waals surface area contributed by atoms with Crippen LogP contribution in [0.2, 0.25) is 0 Å². The van der Waals surface area contributed by atoms with Crippen LogP contribution >= 0.6 is 0 Å². The number of rotatable bonds is 8. The molecule has 0 saturated carbocycles. The SMILES string of the molecule is O=C1OC(C(O)CO)C(O)=C1OCCCO[N+](=O)[O-]. The van der Waals surface area contributed by atoms with Crippen molar-refractivity contribution in [1.29, 1.82) is 0 Å². The van der Waals surface area contributed by atoms with Crippen molar-refractivity contribution in [3.05, 3.63) is 21.6 Å². The Balaban J connectivity index is 2.45. The lowest BCUT2D eigenvalue weighted by atomic mass is 10.2. The summed E-state index contributed by atoms with van der Waals surface area (Å²) in [5.41, 5.74) is 0. The maximum Gasteiger partial charge on any atom is 0.378 e. The average Bonchev–Trinajstić information content (AvgIpc) is 2.64. The van der Waals surface area contributed by atoms with Crippen LogP contribution in [0, 0.1) is 10.1 Å². The lowest BCUT2D eigenvalue weighted by molar-refractivity contribution is -0.757. The van der Waals surface area contributed by atoms with Crippen molar-refractivity contribution >= 4 is 5.97 Å². The summed E-state index contributed by atoms with van der Waals surface area (Å²) in [6.45, 7) is -1.05. The summed E-state index contributed by atoms with van der Waals surface area (Å²) in [4.78, 5) is 25.1. The van der Waals surface area contributed by atoms with E-state index in [-0.39, 0.29) is 19.6 Å². The summed E-state index contributed by atoms with van der Waals surface area (Å²) >= 11 is 0. The molecule has 2 atom stereocenters. The van der Waals surface area contributed by atoms with Crippen LogP contribution in [0.3, 0.4) is 0 Å². The molecule has 0 aromatic rings. The molecule has 0 saturated heterocycles. The number of esters is 1. The van der Waals surface area contributed by atoms with Crippen LogP contribution < -0.4 is 0 Å². The van der Waals surface area contributed by atoms with Crippen molar-refractivity contribution in [3.63, 3.8) is 0 Å². The smallest absolute Gasteiger partial charge is 0.378 e. The number of aliphatic hydroxyl groups excluding tert-OH is 3. The van der Waals surface area contributed by atoms with Crippen molar-refractivity contribution in [2.75, 3.05) is 19.8 Å². The number of carbonyl (C=O) groups is 1. The van der Waals surface area contributed by atoms with Crippen LogP contribution in [-0.2, 0) is 19.1 Å². The molecule has 1 rings (SSSR count). The lowest BCUT2D eigenvalue weighted by Crippen LogP contribution is -2.31. The van der Waals surface area contributed by atoms with Crippen LogP contribution in [0.4, 0.5) is 0 Å². The Labute approximate surface area is 106 Å². The summed E-state index contributed by atoms with van der Waals surface area (Å²) in [7, 11) is 0. The monoisotopic (exact) mass is 279 g/mol. The summed E-state index contributed by atoms with van der Waals surface area (Å²) in [5.74, 6) is -2.09. The van der Waals surface area contributed by atoms with Crippen molar-refractivity contribution in [2.45, 2.75) is 18.6 Å². The van der Waals surface area contributed by atoms with Gasteiger partial charge < -0.3 is 29.6 Å². The summed E-state index contributed by atoms with van der Waals surface area (Å²) in [6.07, 6.45) is -2.72. The topological polar surface area (TPSA) is 149 Å². The molecule has 0 radical (unpaired) electrons. The van der Waals surface area contributed by atoms with E-state index in [9.17, 15) is 25.1 Å². The van der Waals surface area contributed by atoms with Gasteiger partial charge in [0.25, 0.3) is 5.09 Å².